The van der Waals surface area contributed by atoms with Crippen molar-refractivity contribution >= 4 is 34.7 Å². The third-order valence-corrected chi connectivity index (χ3v) is 4.80. The molecule has 34 heavy (non-hydrogen) atoms. The molecule has 3 aromatic carbocycles. The maximum atomic E-state index is 13.4. The monoisotopic (exact) mass is 461 g/mol. The number of amides is 1. The van der Waals surface area contributed by atoms with Crippen LogP contribution in [0.5, 0.6) is 5.75 Å². The van der Waals surface area contributed by atoms with E-state index in [0.717, 1.165) is 29.3 Å². The van der Waals surface area contributed by atoms with Gasteiger partial charge in [0, 0.05) is 34.4 Å². The van der Waals surface area contributed by atoms with Crippen molar-refractivity contribution in [1.29, 1.82) is 0 Å². The molecule has 0 radical (unpaired) electrons. The SMILES string of the molecule is COc1ccc(Nc2cc(C)nc(Nc3ccc(NC(=O)c4ccc(F)c(F)c4)cc3)n2)cc1. The zero-order valence-corrected chi connectivity index (χ0v) is 18.4. The minimum atomic E-state index is -1.08. The van der Waals surface area contributed by atoms with Crippen LogP contribution in [-0.4, -0.2) is 23.0 Å². The predicted molar refractivity (Wildman–Crippen MR) is 127 cm³/mol. The van der Waals surface area contributed by atoms with Gasteiger partial charge < -0.3 is 20.7 Å². The van der Waals surface area contributed by atoms with Gasteiger partial charge in [-0.1, -0.05) is 0 Å². The molecule has 0 bridgehead atoms. The number of methoxy groups -OCH3 is 1. The van der Waals surface area contributed by atoms with Gasteiger partial charge >= 0.3 is 0 Å². The van der Waals surface area contributed by atoms with Gasteiger partial charge in [-0.3, -0.25) is 4.79 Å². The van der Waals surface area contributed by atoms with Crippen LogP contribution in [0.4, 0.5) is 37.6 Å². The van der Waals surface area contributed by atoms with Crippen molar-refractivity contribution in [3.8, 4) is 5.75 Å². The van der Waals surface area contributed by atoms with E-state index in [4.69, 9.17) is 4.74 Å². The summed E-state index contributed by atoms with van der Waals surface area (Å²) in [5, 5.41) is 9.00. The highest BCUT2D eigenvalue weighted by Crippen LogP contribution is 2.22. The number of aryl methyl sites for hydroxylation is 1. The van der Waals surface area contributed by atoms with Gasteiger partial charge in [-0.25, -0.2) is 13.8 Å². The van der Waals surface area contributed by atoms with Gasteiger partial charge in [0.15, 0.2) is 11.6 Å². The standard InChI is InChI=1S/C25H21F2N5O2/c1-15-13-23(29-17-8-10-20(34-2)11-9-17)32-25(28-15)31-19-6-4-18(5-7-19)30-24(33)16-3-12-21(26)22(27)14-16/h3-14H,1-2H3,(H,30,33)(H2,28,29,31,32). The number of rotatable bonds is 7. The Bertz CT molecular complexity index is 1310. The van der Waals surface area contributed by atoms with E-state index in [-0.39, 0.29) is 5.56 Å². The summed E-state index contributed by atoms with van der Waals surface area (Å²) in [7, 11) is 1.61. The number of aromatic nitrogens is 2. The Balaban J connectivity index is 1.42. The van der Waals surface area contributed by atoms with Gasteiger partial charge in [0.05, 0.1) is 7.11 Å². The minimum absolute atomic E-state index is 0.0196. The highest BCUT2D eigenvalue weighted by atomic mass is 19.2. The Morgan fingerprint density at radius 3 is 2.12 bits per heavy atom. The van der Waals surface area contributed by atoms with Crippen molar-refractivity contribution in [3.63, 3.8) is 0 Å². The van der Waals surface area contributed by atoms with E-state index in [2.05, 4.69) is 25.9 Å². The molecular weight excluding hydrogens is 440 g/mol. The fourth-order valence-corrected chi connectivity index (χ4v) is 3.12. The first kappa shape index (κ1) is 22.7. The lowest BCUT2D eigenvalue weighted by molar-refractivity contribution is 0.102. The Labute approximate surface area is 194 Å². The summed E-state index contributed by atoms with van der Waals surface area (Å²) in [5.41, 5.74) is 2.83. The fraction of sp³-hybridized carbons (Fsp3) is 0.0800. The van der Waals surface area contributed by atoms with E-state index in [1.807, 2.05) is 37.3 Å². The molecule has 0 fully saturated rings. The Kier molecular flexibility index (Phi) is 6.63. The van der Waals surface area contributed by atoms with Crippen molar-refractivity contribution in [2.75, 3.05) is 23.1 Å². The normalized spacial score (nSPS) is 10.5. The van der Waals surface area contributed by atoms with E-state index in [0.29, 0.717) is 23.1 Å². The third-order valence-electron chi connectivity index (χ3n) is 4.80. The quantitative estimate of drug-likeness (QED) is 0.322. The summed E-state index contributed by atoms with van der Waals surface area (Å²) in [6.07, 6.45) is 0. The van der Waals surface area contributed by atoms with Crippen LogP contribution >= 0.6 is 0 Å². The summed E-state index contributed by atoms with van der Waals surface area (Å²) in [5.74, 6) is -0.851. The Morgan fingerprint density at radius 1 is 0.794 bits per heavy atom. The van der Waals surface area contributed by atoms with Crippen LogP contribution in [0, 0.1) is 18.6 Å². The molecule has 1 aromatic heterocycles. The molecule has 172 valence electrons. The molecule has 3 N–H and O–H groups in total. The fourth-order valence-electron chi connectivity index (χ4n) is 3.12. The second kappa shape index (κ2) is 9.95. The summed E-state index contributed by atoms with van der Waals surface area (Å²) >= 11 is 0. The molecule has 0 saturated carbocycles. The van der Waals surface area contributed by atoms with Gasteiger partial charge in [0.25, 0.3) is 5.91 Å². The topological polar surface area (TPSA) is 88.2 Å². The van der Waals surface area contributed by atoms with Gasteiger partial charge in [-0.05, 0) is 73.7 Å². The first-order valence-electron chi connectivity index (χ1n) is 10.3. The number of carbonyl (C=O) groups is 1. The smallest absolute Gasteiger partial charge is 0.255 e. The number of halogens is 2. The minimum Gasteiger partial charge on any atom is -0.497 e. The molecule has 1 amide bonds. The molecule has 4 rings (SSSR count). The highest BCUT2D eigenvalue weighted by Gasteiger charge is 2.10. The second-order valence-corrected chi connectivity index (χ2v) is 7.36. The number of benzene rings is 3. The predicted octanol–water partition coefficient (Wildman–Crippen LogP) is 5.81. The number of ether oxygens (including phenoxy) is 1. The molecule has 0 spiro atoms. The number of nitrogens with one attached hydrogen (secondary N) is 3. The van der Waals surface area contributed by atoms with E-state index >= 15 is 0 Å². The Hall–Kier alpha value is -4.53. The van der Waals surface area contributed by atoms with E-state index in [9.17, 15) is 13.6 Å². The lowest BCUT2D eigenvalue weighted by Gasteiger charge is -2.11. The molecule has 4 aromatic rings. The average molecular weight is 461 g/mol. The molecule has 1 heterocycles. The second-order valence-electron chi connectivity index (χ2n) is 7.36. The number of anilines is 5. The lowest BCUT2D eigenvalue weighted by atomic mass is 10.2. The van der Waals surface area contributed by atoms with Crippen molar-refractivity contribution in [3.05, 3.63) is 95.7 Å². The number of carbonyl (C=O) groups excluding carboxylic acids is 1. The number of hydrogen-bond donors (Lipinski definition) is 3. The van der Waals surface area contributed by atoms with Crippen LogP contribution in [-0.2, 0) is 0 Å². The summed E-state index contributed by atoms with van der Waals surface area (Å²) < 4.78 is 31.6. The van der Waals surface area contributed by atoms with Crippen LogP contribution in [0.3, 0.4) is 0 Å². The molecule has 0 atom stereocenters. The molecule has 9 heteroatoms. The van der Waals surface area contributed by atoms with Gasteiger partial charge in [-0.2, -0.15) is 4.98 Å². The first-order valence-corrected chi connectivity index (χ1v) is 10.3. The van der Waals surface area contributed by atoms with E-state index in [1.54, 1.807) is 31.4 Å². The first-order chi connectivity index (χ1) is 16.4. The molecule has 7 nitrogen and oxygen atoms in total. The molecule has 0 saturated heterocycles. The molecule has 0 aliphatic carbocycles. The number of nitrogens with zero attached hydrogens (tertiary/aromatic N) is 2. The molecule has 0 aliphatic heterocycles. The van der Waals surface area contributed by atoms with Crippen molar-refractivity contribution < 1.29 is 18.3 Å². The van der Waals surface area contributed by atoms with Crippen LogP contribution in [0.1, 0.15) is 16.1 Å². The van der Waals surface area contributed by atoms with Gasteiger partial charge in [0.1, 0.15) is 11.6 Å². The van der Waals surface area contributed by atoms with Crippen LogP contribution in [0.2, 0.25) is 0 Å². The third kappa shape index (κ3) is 5.63. The highest BCUT2D eigenvalue weighted by molar-refractivity contribution is 6.04. The maximum Gasteiger partial charge on any atom is 0.255 e. The van der Waals surface area contributed by atoms with Crippen LogP contribution in [0.15, 0.2) is 72.8 Å². The average Bonchev–Trinajstić information content (AvgIpc) is 2.82. The number of hydrogen-bond acceptors (Lipinski definition) is 6. The van der Waals surface area contributed by atoms with Crippen molar-refractivity contribution in [2.24, 2.45) is 0 Å². The molecule has 0 aliphatic rings. The maximum absolute atomic E-state index is 13.4. The van der Waals surface area contributed by atoms with Crippen LogP contribution in [0.25, 0.3) is 0 Å². The van der Waals surface area contributed by atoms with E-state index < -0.39 is 17.5 Å². The van der Waals surface area contributed by atoms with E-state index in [1.165, 1.54) is 6.07 Å². The summed E-state index contributed by atoms with van der Waals surface area (Å²) in [6, 6.07) is 19.1. The lowest BCUT2D eigenvalue weighted by Crippen LogP contribution is -2.12. The largest absolute Gasteiger partial charge is 0.497 e. The molecular formula is C25H21F2N5O2. The zero-order chi connectivity index (χ0) is 24.1. The van der Waals surface area contributed by atoms with Crippen LogP contribution < -0.4 is 20.7 Å². The summed E-state index contributed by atoms with van der Waals surface area (Å²) in [6.45, 7) is 1.86. The Morgan fingerprint density at radius 2 is 1.44 bits per heavy atom. The van der Waals surface area contributed by atoms with Crippen molar-refractivity contribution in [1.82, 2.24) is 9.97 Å². The van der Waals surface area contributed by atoms with Crippen molar-refractivity contribution in [2.45, 2.75) is 6.92 Å². The zero-order valence-electron chi connectivity index (χ0n) is 18.4. The molecule has 0 unspecified atom stereocenters. The van der Waals surface area contributed by atoms with Gasteiger partial charge in [-0.15, -0.1) is 0 Å². The summed E-state index contributed by atoms with van der Waals surface area (Å²) in [4.78, 5) is 21.2. The van der Waals surface area contributed by atoms with Gasteiger partial charge in [0.2, 0.25) is 5.95 Å².